The van der Waals surface area contributed by atoms with Gasteiger partial charge in [-0.05, 0) is 56.3 Å². The van der Waals surface area contributed by atoms with Crippen LogP contribution in [0.3, 0.4) is 0 Å². The molecule has 0 saturated carbocycles. The molecule has 1 amide bonds. The Morgan fingerprint density at radius 3 is 2.38 bits per heavy atom. The maximum absolute atomic E-state index is 12.9. The fourth-order valence-corrected chi connectivity index (χ4v) is 3.28. The van der Waals surface area contributed by atoms with Crippen molar-refractivity contribution in [1.29, 1.82) is 0 Å². The molecule has 0 atom stereocenters. The number of aromatic nitrogens is 3. The second kappa shape index (κ2) is 9.38. The number of carbonyl (C=O) groups is 1. The number of alkyl halides is 3. The van der Waals surface area contributed by atoms with Crippen molar-refractivity contribution < 1.29 is 22.7 Å². The number of nitrogens with zero attached hydrogens (tertiary/aromatic N) is 3. The molecular weight excluding hydrogens is 445 g/mol. The number of carbonyl (C=O) groups excluding carboxylic acids is 1. The Balaban J connectivity index is 1.58. The van der Waals surface area contributed by atoms with Crippen LogP contribution in [-0.4, -0.2) is 27.3 Å². The van der Waals surface area contributed by atoms with Gasteiger partial charge < -0.3 is 10.1 Å². The molecule has 0 aliphatic heterocycles. The number of halogens is 3. The molecule has 4 aromatic rings. The second-order valence-corrected chi connectivity index (χ2v) is 7.51. The average Bonchev–Trinajstić information content (AvgIpc) is 3.24. The lowest BCUT2D eigenvalue weighted by atomic mass is 10.1. The summed E-state index contributed by atoms with van der Waals surface area (Å²) >= 11 is 0. The fourth-order valence-electron chi connectivity index (χ4n) is 3.28. The molecule has 0 fully saturated rings. The van der Waals surface area contributed by atoms with Crippen molar-refractivity contribution in [2.24, 2.45) is 0 Å². The number of rotatable bonds is 6. The van der Waals surface area contributed by atoms with Crippen molar-refractivity contribution in [3.8, 4) is 23.1 Å². The first-order valence-electron chi connectivity index (χ1n) is 10.5. The molecule has 0 bridgehead atoms. The van der Waals surface area contributed by atoms with Gasteiger partial charge in [0.05, 0.1) is 17.9 Å². The molecule has 0 aliphatic carbocycles. The molecule has 0 aliphatic rings. The molecule has 0 radical (unpaired) electrons. The second-order valence-electron chi connectivity index (χ2n) is 7.51. The lowest BCUT2D eigenvalue weighted by Gasteiger charge is -2.10. The van der Waals surface area contributed by atoms with Gasteiger partial charge in [0.15, 0.2) is 5.82 Å². The van der Waals surface area contributed by atoms with Crippen LogP contribution >= 0.6 is 0 Å². The molecule has 174 valence electrons. The van der Waals surface area contributed by atoms with Crippen LogP contribution in [0, 0.1) is 6.92 Å². The molecule has 0 unspecified atom stereocenters. The lowest BCUT2D eigenvalue weighted by molar-refractivity contribution is -0.137. The van der Waals surface area contributed by atoms with Crippen molar-refractivity contribution in [2.75, 3.05) is 11.9 Å². The number of nitrogens with one attached hydrogen (secondary N) is 1. The standard InChI is InChI=1S/C25H21F3N4O2/c1-3-34-24-30-22(17-9-7-16(2)8-10-17)32(31-24)21-13-11-20(12-14-21)29-23(33)18-5-4-6-19(15-18)25(26,27)28/h4-15H,3H2,1-2H3,(H,29,33). The van der Waals surface area contributed by atoms with Gasteiger partial charge in [-0.15, -0.1) is 5.10 Å². The highest BCUT2D eigenvalue weighted by molar-refractivity contribution is 6.04. The number of benzene rings is 3. The van der Waals surface area contributed by atoms with Crippen LogP contribution in [-0.2, 0) is 6.18 Å². The largest absolute Gasteiger partial charge is 0.463 e. The molecule has 1 N–H and O–H groups in total. The Hall–Kier alpha value is -4.14. The summed E-state index contributed by atoms with van der Waals surface area (Å²) in [6, 6.07) is 19.1. The van der Waals surface area contributed by atoms with Crippen LogP contribution in [0.4, 0.5) is 18.9 Å². The topological polar surface area (TPSA) is 69.0 Å². The molecule has 6 nitrogen and oxygen atoms in total. The summed E-state index contributed by atoms with van der Waals surface area (Å²) in [5.74, 6) is -0.0530. The average molecular weight is 466 g/mol. The van der Waals surface area contributed by atoms with E-state index in [-0.39, 0.29) is 11.6 Å². The van der Waals surface area contributed by atoms with Crippen LogP contribution in [0.15, 0.2) is 72.8 Å². The van der Waals surface area contributed by atoms with E-state index in [0.717, 1.165) is 23.3 Å². The molecule has 0 saturated heterocycles. The Labute approximate surface area is 194 Å². The third-order valence-corrected chi connectivity index (χ3v) is 4.99. The Bertz CT molecular complexity index is 1300. The van der Waals surface area contributed by atoms with Gasteiger partial charge in [-0.25, -0.2) is 4.68 Å². The van der Waals surface area contributed by atoms with E-state index in [9.17, 15) is 18.0 Å². The van der Waals surface area contributed by atoms with Crippen molar-refractivity contribution >= 4 is 11.6 Å². The summed E-state index contributed by atoms with van der Waals surface area (Å²) in [6.45, 7) is 4.25. The molecule has 34 heavy (non-hydrogen) atoms. The predicted molar refractivity (Wildman–Crippen MR) is 122 cm³/mol. The minimum absolute atomic E-state index is 0.0850. The number of hydrogen-bond acceptors (Lipinski definition) is 4. The van der Waals surface area contributed by atoms with E-state index in [4.69, 9.17) is 4.74 Å². The SMILES string of the molecule is CCOc1nc(-c2ccc(C)cc2)n(-c2ccc(NC(=O)c3cccc(C(F)(F)F)c3)cc2)n1. The predicted octanol–water partition coefficient (Wildman–Crippen LogP) is 5.91. The van der Waals surface area contributed by atoms with Crippen molar-refractivity contribution in [2.45, 2.75) is 20.0 Å². The summed E-state index contributed by atoms with van der Waals surface area (Å²) in [4.78, 5) is 17.0. The van der Waals surface area contributed by atoms with Crippen LogP contribution < -0.4 is 10.1 Å². The Kier molecular flexibility index (Phi) is 6.36. The highest BCUT2D eigenvalue weighted by Gasteiger charge is 2.30. The van der Waals surface area contributed by atoms with Gasteiger partial charge in [0.2, 0.25) is 0 Å². The number of hydrogen-bond donors (Lipinski definition) is 1. The van der Waals surface area contributed by atoms with E-state index in [1.807, 2.05) is 38.1 Å². The summed E-state index contributed by atoms with van der Waals surface area (Å²) in [6.07, 6.45) is -4.52. The Morgan fingerprint density at radius 2 is 1.74 bits per heavy atom. The first-order valence-corrected chi connectivity index (χ1v) is 10.5. The fraction of sp³-hybridized carbons (Fsp3) is 0.160. The van der Waals surface area contributed by atoms with E-state index >= 15 is 0 Å². The molecule has 4 rings (SSSR count). The highest BCUT2D eigenvalue weighted by atomic mass is 19.4. The first-order chi connectivity index (χ1) is 16.2. The van der Waals surface area contributed by atoms with E-state index in [2.05, 4.69) is 15.4 Å². The van der Waals surface area contributed by atoms with Gasteiger partial charge in [0.25, 0.3) is 5.91 Å². The van der Waals surface area contributed by atoms with E-state index < -0.39 is 17.6 Å². The quantitative estimate of drug-likeness (QED) is 0.383. The monoisotopic (exact) mass is 466 g/mol. The van der Waals surface area contributed by atoms with Crippen LogP contribution in [0.25, 0.3) is 17.1 Å². The molecule has 3 aromatic carbocycles. The van der Waals surface area contributed by atoms with E-state index in [0.29, 0.717) is 23.8 Å². The molecule has 9 heteroatoms. The van der Waals surface area contributed by atoms with Gasteiger partial charge in [-0.1, -0.05) is 35.9 Å². The number of anilines is 1. The maximum atomic E-state index is 12.9. The van der Waals surface area contributed by atoms with Crippen molar-refractivity contribution in [3.63, 3.8) is 0 Å². The van der Waals surface area contributed by atoms with Gasteiger partial charge >= 0.3 is 12.2 Å². The lowest BCUT2D eigenvalue weighted by Crippen LogP contribution is -2.14. The van der Waals surface area contributed by atoms with Gasteiger partial charge in [0.1, 0.15) is 0 Å². The maximum Gasteiger partial charge on any atom is 0.416 e. The molecule has 1 aromatic heterocycles. The van der Waals surface area contributed by atoms with E-state index in [1.165, 1.54) is 12.1 Å². The van der Waals surface area contributed by atoms with Crippen molar-refractivity contribution in [3.05, 3.63) is 89.5 Å². The third-order valence-electron chi connectivity index (χ3n) is 4.99. The summed E-state index contributed by atoms with van der Waals surface area (Å²) in [5.41, 5.74) is 2.10. The molecule has 1 heterocycles. The van der Waals surface area contributed by atoms with Crippen LogP contribution in [0.1, 0.15) is 28.4 Å². The van der Waals surface area contributed by atoms with Gasteiger partial charge in [-0.2, -0.15) is 18.2 Å². The highest BCUT2D eigenvalue weighted by Crippen LogP contribution is 2.30. The van der Waals surface area contributed by atoms with E-state index in [1.54, 1.807) is 28.9 Å². The zero-order valence-electron chi connectivity index (χ0n) is 18.4. The zero-order valence-corrected chi connectivity index (χ0v) is 18.4. The minimum atomic E-state index is -4.52. The number of aryl methyl sites for hydroxylation is 1. The summed E-state index contributed by atoms with van der Waals surface area (Å²) in [7, 11) is 0. The first kappa shape index (κ1) is 23.0. The molecular formula is C25H21F3N4O2. The summed E-state index contributed by atoms with van der Waals surface area (Å²) < 4.78 is 45.9. The Morgan fingerprint density at radius 1 is 1.03 bits per heavy atom. The number of ether oxygens (including phenoxy) is 1. The van der Waals surface area contributed by atoms with Crippen LogP contribution in [0.2, 0.25) is 0 Å². The minimum Gasteiger partial charge on any atom is -0.463 e. The van der Waals surface area contributed by atoms with Gasteiger partial charge in [0, 0.05) is 16.8 Å². The summed E-state index contributed by atoms with van der Waals surface area (Å²) in [5, 5.41) is 7.05. The smallest absolute Gasteiger partial charge is 0.416 e. The molecule has 0 spiro atoms. The van der Waals surface area contributed by atoms with Gasteiger partial charge in [-0.3, -0.25) is 4.79 Å². The zero-order chi connectivity index (χ0) is 24.3. The van der Waals surface area contributed by atoms with Crippen LogP contribution in [0.5, 0.6) is 6.01 Å². The normalized spacial score (nSPS) is 11.3. The number of amides is 1. The van der Waals surface area contributed by atoms with Crippen molar-refractivity contribution in [1.82, 2.24) is 14.8 Å². The third kappa shape index (κ3) is 5.09.